The second-order valence-corrected chi connectivity index (χ2v) is 8.86. The fraction of sp³-hybridized carbons (Fsp3) is 0.174. The zero-order valence-corrected chi connectivity index (χ0v) is 18.8. The van der Waals surface area contributed by atoms with Crippen LogP contribution in [0.1, 0.15) is 11.1 Å². The summed E-state index contributed by atoms with van der Waals surface area (Å²) >= 11 is 2.62. The highest BCUT2D eigenvalue weighted by Crippen LogP contribution is 2.32. The molecule has 31 heavy (non-hydrogen) atoms. The van der Waals surface area contributed by atoms with Gasteiger partial charge in [0.25, 0.3) is 5.56 Å². The van der Waals surface area contributed by atoms with Gasteiger partial charge in [-0.3, -0.25) is 14.2 Å². The molecule has 0 saturated carbocycles. The SMILES string of the molecule is C=CCn1c(SCC(=O)Nc2ccc(C)cc2C)nc2scc(-c3ccco3)c2c1=O. The smallest absolute Gasteiger partial charge is 0.263 e. The number of fused-ring (bicyclic) bond motifs is 1. The molecular formula is C23H21N3O3S2. The zero-order chi connectivity index (χ0) is 22.0. The molecule has 0 aliphatic carbocycles. The minimum absolute atomic E-state index is 0.138. The average Bonchev–Trinajstić information content (AvgIpc) is 3.40. The zero-order valence-electron chi connectivity index (χ0n) is 17.2. The molecule has 6 nitrogen and oxygen atoms in total. The number of aryl methyl sites for hydroxylation is 2. The molecule has 1 amide bonds. The molecule has 0 fully saturated rings. The van der Waals surface area contributed by atoms with Crippen molar-refractivity contribution in [1.29, 1.82) is 0 Å². The first-order valence-corrected chi connectivity index (χ1v) is 11.5. The Kier molecular flexibility index (Phi) is 6.11. The average molecular weight is 452 g/mol. The lowest BCUT2D eigenvalue weighted by molar-refractivity contribution is -0.113. The van der Waals surface area contributed by atoms with Crippen LogP contribution < -0.4 is 10.9 Å². The molecular weight excluding hydrogens is 430 g/mol. The number of thioether (sulfide) groups is 1. The molecule has 1 N–H and O–H groups in total. The number of hydrogen-bond acceptors (Lipinski definition) is 6. The summed E-state index contributed by atoms with van der Waals surface area (Å²) in [4.78, 5) is 31.1. The number of benzene rings is 1. The van der Waals surface area contributed by atoms with Crippen LogP contribution >= 0.6 is 23.1 Å². The molecule has 0 bridgehead atoms. The van der Waals surface area contributed by atoms with Crippen molar-refractivity contribution in [2.45, 2.75) is 25.5 Å². The Hall–Kier alpha value is -3.10. The van der Waals surface area contributed by atoms with Crippen molar-refractivity contribution in [1.82, 2.24) is 9.55 Å². The van der Waals surface area contributed by atoms with Crippen molar-refractivity contribution >= 4 is 44.9 Å². The second kappa shape index (κ2) is 8.95. The Balaban J connectivity index is 1.61. The Morgan fingerprint density at radius 3 is 2.90 bits per heavy atom. The molecule has 8 heteroatoms. The molecule has 0 radical (unpaired) electrons. The van der Waals surface area contributed by atoms with Gasteiger partial charge in [0.15, 0.2) is 5.16 Å². The highest BCUT2D eigenvalue weighted by molar-refractivity contribution is 7.99. The van der Waals surface area contributed by atoms with E-state index in [4.69, 9.17) is 4.42 Å². The Labute approximate surface area is 187 Å². The van der Waals surface area contributed by atoms with Crippen LogP contribution in [0.15, 0.2) is 69.0 Å². The van der Waals surface area contributed by atoms with Crippen LogP contribution in [0.2, 0.25) is 0 Å². The third-order valence-electron chi connectivity index (χ3n) is 4.75. The molecule has 4 aromatic rings. The maximum Gasteiger partial charge on any atom is 0.263 e. The van der Waals surface area contributed by atoms with Gasteiger partial charge in [-0.1, -0.05) is 35.5 Å². The minimum atomic E-state index is -0.171. The summed E-state index contributed by atoms with van der Waals surface area (Å²) in [5.74, 6) is 0.612. The van der Waals surface area contributed by atoms with Crippen LogP contribution in [0, 0.1) is 13.8 Å². The normalized spacial score (nSPS) is 11.0. The molecule has 158 valence electrons. The van der Waals surface area contributed by atoms with E-state index in [2.05, 4.69) is 16.9 Å². The number of nitrogens with zero attached hydrogens (tertiary/aromatic N) is 2. The summed E-state index contributed by atoms with van der Waals surface area (Å²) in [6.45, 7) is 8.03. The van der Waals surface area contributed by atoms with E-state index in [1.54, 1.807) is 23.0 Å². The first-order valence-electron chi connectivity index (χ1n) is 9.64. The van der Waals surface area contributed by atoms with E-state index in [9.17, 15) is 9.59 Å². The maximum absolute atomic E-state index is 13.3. The van der Waals surface area contributed by atoms with E-state index in [1.165, 1.54) is 23.1 Å². The van der Waals surface area contributed by atoms with Crippen LogP contribution in [-0.2, 0) is 11.3 Å². The van der Waals surface area contributed by atoms with Gasteiger partial charge in [0.05, 0.1) is 17.4 Å². The van der Waals surface area contributed by atoms with Gasteiger partial charge in [-0.2, -0.15) is 0 Å². The first kappa shape index (κ1) is 21.1. The number of allylic oxidation sites excluding steroid dienone is 1. The van der Waals surface area contributed by atoms with Crippen molar-refractivity contribution in [3.63, 3.8) is 0 Å². The van der Waals surface area contributed by atoms with E-state index in [0.29, 0.717) is 27.7 Å². The predicted molar refractivity (Wildman–Crippen MR) is 127 cm³/mol. The van der Waals surface area contributed by atoms with Gasteiger partial charge in [0.2, 0.25) is 5.91 Å². The summed E-state index contributed by atoms with van der Waals surface area (Å²) in [6.07, 6.45) is 3.22. The van der Waals surface area contributed by atoms with Crippen molar-refractivity contribution < 1.29 is 9.21 Å². The molecule has 0 saturated heterocycles. The molecule has 0 aliphatic heterocycles. The molecule has 0 unspecified atom stereocenters. The van der Waals surface area contributed by atoms with Crippen LogP contribution in [0.5, 0.6) is 0 Å². The Morgan fingerprint density at radius 1 is 1.35 bits per heavy atom. The van der Waals surface area contributed by atoms with E-state index >= 15 is 0 Å². The molecule has 0 aliphatic rings. The van der Waals surface area contributed by atoms with Gasteiger partial charge in [-0.15, -0.1) is 17.9 Å². The van der Waals surface area contributed by atoms with Crippen molar-refractivity contribution in [3.8, 4) is 11.3 Å². The molecule has 3 heterocycles. The lowest BCUT2D eigenvalue weighted by Gasteiger charge is -2.11. The fourth-order valence-electron chi connectivity index (χ4n) is 3.29. The molecule has 4 rings (SSSR count). The summed E-state index contributed by atoms with van der Waals surface area (Å²) in [5, 5.41) is 5.81. The number of anilines is 1. The lowest BCUT2D eigenvalue weighted by Crippen LogP contribution is -2.23. The van der Waals surface area contributed by atoms with Gasteiger partial charge >= 0.3 is 0 Å². The standard InChI is InChI=1S/C23H21N3O3S2/c1-4-9-26-22(28)20-16(18-6-5-10-29-18)12-30-21(20)25-23(26)31-13-19(27)24-17-8-7-14(2)11-15(17)3/h4-8,10-12H,1,9,13H2,2-3H3,(H,24,27). The van der Waals surface area contributed by atoms with E-state index < -0.39 is 0 Å². The lowest BCUT2D eigenvalue weighted by atomic mass is 10.1. The number of amides is 1. The number of carbonyl (C=O) groups is 1. The number of thiophene rings is 1. The van der Waals surface area contributed by atoms with Crippen LogP contribution in [0.4, 0.5) is 5.69 Å². The highest BCUT2D eigenvalue weighted by atomic mass is 32.2. The minimum Gasteiger partial charge on any atom is -0.464 e. The van der Waals surface area contributed by atoms with Crippen LogP contribution in [0.25, 0.3) is 21.5 Å². The molecule has 1 aromatic carbocycles. The Morgan fingerprint density at radius 2 is 2.19 bits per heavy atom. The predicted octanol–water partition coefficient (Wildman–Crippen LogP) is 5.25. The highest BCUT2D eigenvalue weighted by Gasteiger charge is 2.19. The quantitative estimate of drug-likeness (QED) is 0.236. The van der Waals surface area contributed by atoms with Gasteiger partial charge in [0, 0.05) is 23.2 Å². The third kappa shape index (κ3) is 4.35. The number of rotatable bonds is 7. The number of aromatic nitrogens is 2. The van der Waals surface area contributed by atoms with Crippen molar-refractivity contribution in [2.24, 2.45) is 0 Å². The summed E-state index contributed by atoms with van der Waals surface area (Å²) < 4.78 is 7.02. The van der Waals surface area contributed by atoms with Gasteiger partial charge < -0.3 is 9.73 Å². The molecule has 0 atom stereocenters. The van der Waals surface area contributed by atoms with Gasteiger partial charge in [-0.05, 0) is 37.6 Å². The number of furan rings is 1. The number of hydrogen-bond donors (Lipinski definition) is 1. The van der Waals surface area contributed by atoms with Crippen molar-refractivity contribution in [2.75, 3.05) is 11.1 Å². The topological polar surface area (TPSA) is 77.1 Å². The van der Waals surface area contributed by atoms with Gasteiger partial charge in [-0.25, -0.2) is 4.98 Å². The summed E-state index contributed by atoms with van der Waals surface area (Å²) in [5.41, 5.74) is 3.48. The molecule has 0 spiro atoms. The fourth-order valence-corrected chi connectivity index (χ4v) is 5.07. The van der Waals surface area contributed by atoms with Crippen LogP contribution in [0.3, 0.4) is 0 Å². The van der Waals surface area contributed by atoms with Crippen LogP contribution in [-0.4, -0.2) is 21.2 Å². The number of nitrogens with one attached hydrogen (secondary N) is 1. The largest absolute Gasteiger partial charge is 0.464 e. The third-order valence-corrected chi connectivity index (χ3v) is 6.59. The van der Waals surface area contributed by atoms with Crippen molar-refractivity contribution in [3.05, 3.63) is 76.1 Å². The Bertz CT molecular complexity index is 1320. The van der Waals surface area contributed by atoms with E-state index in [0.717, 1.165) is 22.4 Å². The van der Waals surface area contributed by atoms with Gasteiger partial charge in [0.1, 0.15) is 10.6 Å². The summed E-state index contributed by atoms with van der Waals surface area (Å²) in [7, 11) is 0. The van der Waals surface area contributed by atoms with E-state index in [-0.39, 0.29) is 17.2 Å². The number of carbonyl (C=O) groups excluding carboxylic acids is 1. The first-order chi connectivity index (χ1) is 15.0. The second-order valence-electron chi connectivity index (χ2n) is 7.06. The summed E-state index contributed by atoms with van der Waals surface area (Å²) in [6, 6.07) is 9.48. The molecule has 3 aromatic heterocycles. The van der Waals surface area contributed by atoms with E-state index in [1.807, 2.05) is 43.5 Å². The maximum atomic E-state index is 13.3. The monoisotopic (exact) mass is 451 g/mol.